The fraction of sp³-hybridized carbons (Fsp3) is 0.278. The number of ether oxygens (including phenoxy) is 2. The van der Waals surface area contributed by atoms with Crippen molar-refractivity contribution in [2.75, 3.05) is 20.0 Å². The van der Waals surface area contributed by atoms with E-state index in [1.54, 1.807) is 60.4 Å². The Balaban J connectivity index is 1.62. The molecule has 0 amide bonds. The van der Waals surface area contributed by atoms with Crippen LogP contribution in [-0.2, 0) is 5.75 Å². The SMILES string of the molecule is C=C(C)CSc1nnc(CSc2csc(-c3ccc(OC)c(OC)c3)n2)s1. The van der Waals surface area contributed by atoms with Crippen molar-refractivity contribution in [2.45, 2.75) is 22.0 Å². The maximum absolute atomic E-state index is 5.37. The van der Waals surface area contributed by atoms with Crippen LogP contribution in [0, 0.1) is 0 Å². The van der Waals surface area contributed by atoms with Gasteiger partial charge < -0.3 is 9.47 Å². The molecule has 0 spiro atoms. The molecule has 27 heavy (non-hydrogen) atoms. The summed E-state index contributed by atoms with van der Waals surface area (Å²) in [6.45, 7) is 5.93. The quantitative estimate of drug-likeness (QED) is 0.317. The Hall–Kier alpha value is -1.55. The fourth-order valence-corrected chi connectivity index (χ4v) is 5.69. The van der Waals surface area contributed by atoms with Crippen molar-refractivity contribution in [1.82, 2.24) is 15.2 Å². The lowest BCUT2D eigenvalue weighted by molar-refractivity contribution is 0.355. The number of rotatable bonds is 9. The Morgan fingerprint density at radius 1 is 1.15 bits per heavy atom. The van der Waals surface area contributed by atoms with E-state index in [9.17, 15) is 0 Å². The van der Waals surface area contributed by atoms with Gasteiger partial charge in [-0.15, -0.1) is 21.5 Å². The molecule has 3 aromatic rings. The van der Waals surface area contributed by atoms with Gasteiger partial charge in [-0.1, -0.05) is 47.0 Å². The van der Waals surface area contributed by atoms with Crippen molar-refractivity contribution in [1.29, 1.82) is 0 Å². The van der Waals surface area contributed by atoms with E-state index in [4.69, 9.17) is 14.5 Å². The number of benzene rings is 1. The Morgan fingerprint density at radius 2 is 1.96 bits per heavy atom. The molecule has 0 fully saturated rings. The molecule has 0 saturated carbocycles. The molecule has 0 N–H and O–H groups in total. The van der Waals surface area contributed by atoms with E-state index >= 15 is 0 Å². The average molecular weight is 438 g/mol. The maximum atomic E-state index is 5.37. The summed E-state index contributed by atoms with van der Waals surface area (Å²) in [5.41, 5.74) is 2.15. The van der Waals surface area contributed by atoms with Crippen LogP contribution in [0.5, 0.6) is 11.5 Å². The van der Waals surface area contributed by atoms with E-state index < -0.39 is 0 Å². The minimum absolute atomic E-state index is 0.702. The number of nitrogens with zero attached hydrogens (tertiary/aromatic N) is 3. The van der Waals surface area contributed by atoms with Crippen LogP contribution in [0.2, 0.25) is 0 Å². The van der Waals surface area contributed by atoms with Gasteiger partial charge in [-0.05, 0) is 25.1 Å². The third-order valence-corrected chi connectivity index (χ3v) is 7.78. The number of thiazole rings is 1. The van der Waals surface area contributed by atoms with Crippen LogP contribution >= 0.6 is 46.2 Å². The first-order valence-corrected chi connectivity index (χ1v) is 11.7. The lowest BCUT2D eigenvalue weighted by Crippen LogP contribution is -1.90. The van der Waals surface area contributed by atoms with Crippen molar-refractivity contribution in [2.24, 2.45) is 0 Å². The van der Waals surface area contributed by atoms with Crippen LogP contribution in [0.4, 0.5) is 0 Å². The first kappa shape index (κ1) is 20.2. The summed E-state index contributed by atoms with van der Waals surface area (Å²) >= 11 is 6.59. The summed E-state index contributed by atoms with van der Waals surface area (Å²) in [5, 5.41) is 13.5. The number of thioether (sulfide) groups is 2. The molecule has 0 radical (unpaired) electrons. The molecule has 0 aliphatic heterocycles. The van der Waals surface area contributed by atoms with Crippen LogP contribution < -0.4 is 9.47 Å². The summed E-state index contributed by atoms with van der Waals surface area (Å²) in [6, 6.07) is 5.83. The molecule has 0 atom stereocenters. The Morgan fingerprint density at radius 3 is 2.70 bits per heavy atom. The molecule has 0 bridgehead atoms. The molecule has 9 heteroatoms. The van der Waals surface area contributed by atoms with Gasteiger partial charge in [0.05, 0.1) is 20.0 Å². The Bertz CT molecular complexity index is 923. The molecule has 2 aromatic heterocycles. The highest BCUT2D eigenvalue weighted by atomic mass is 32.2. The zero-order valence-corrected chi connectivity index (χ0v) is 18.5. The second kappa shape index (κ2) is 9.59. The second-order valence-electron chi connectivity index (χ2n) is 5.56. The molecule has 0 unspecified atom stereocenters. The van der Waals surface area contributed by atoms with Crippen molar-refractivity contribution in [3.05, 3.63) is 40.7 Å². The highest BCUT2D eigenvalue weighted by Gasteiger charge is 2.11. The van der Waals surface area contributed by atoms with Gasteiger partial charge in [-0.25, -0.2) is 4.98 Å². The van der Waals surface area contributed by atoms with Gasteiger partial charge in [-0.3, -0.25) is 0 Å². The normalized spacial score (nSPS) is 10.8. The molecule has 2 heterocycles. The predicted molar refractivity (Wildman–Crippen MR) is 116 cm³/mol. The monoisotopic (exact) mass is 437 g/mol. The van der Waals surface area contributed by atoms with Gasteiger partial charge >= 0.3 is 0 Å². The van der Waals surface area contributed by atoms with Gasteiger partial charge in [0.25, 0.3) is 0 Å². The Labute approximate surface area is 175 Å². The predicted octanol–water partition coefficient (Wildman–Crippen LogP) is 5.64. The van der Waals surface area contributed by atoms with E-state index in [0.29, 0.717) is 11.5 Å². The minimum atomic E-state index is 0.702. The number of hydrogen-bond donors (Lipinski definition) is 0. The largest absolute Gasteiger partial charge is 0.493 e. The van der Waals surface area contributed by atoms with E-state index in [2.05, 4.69) is 22.2 Å². The smallest absolute Gasteiger partial charge is 0.174 e. The van der Waals surface area contributed by atoms with Crippen molar-refractivity contribution >= 4 is 46.2 Å². The third kappa shape index (κ3) is 5.47. The van der Waals surface area contributed by atoms with Gasteiger partial charge in [0.2, 0.25) is 0 Å². The van der Waals surface area contributed by atoms with Crippen molar-refractivity contribution in [3.8, 4) is 22.1 Å². The van der Waals surface area contributed by atoms with Gasteiger partial charge in [0, 0.05) is 16.7 Å². The third-order valence-electron chi connectivity index (χ3n) is 3.35. The first-order valence-electron chi connectivity index (χ1n) is 7.99. The van der Waals surface area contributed by atoms with Crippen molar-refractivity contribution in [3.63, 3.8) is 0 Å². The molecule has 0 aliphatic carbocycles. The zero-order chi connectivity index (χ0) is 19.2. The van der Waals surface area contributed by atoms with Crippen molar-refractivity contribution < 1.29 is 9.47 Å². The topological polar surface area (TPSA) is 57.1 Å². The first-order chi connectivity index (χ1) is 13.1. The highest BCUT2D eigenvalue weighted by Crippen LogP contribution is 2.36. The lowest BCUT2D eigenvalue weighted by Gasteiger charge is -2.08. The fourth-order valence-electron chi connectivity index (χ4n) is 2.10. The molecule has 3 rings (SSSR count). The van der Waals surface area contributed by atoms with E-state index in [0.717, 1.165) is 42.0 Å². The summed E-state index contributed by atoms with van der Waals surface area (Å²) in [5.74, 6) is 3.06. The molecular weight excluding hydrogens is 418 g/mol. The van der Waals surface area contributed by atoms with Crippen LogP contribution in [-0.4, -0.2) is 35.2 Å². The van der Waals surface area contributed by atoms with Crippen LogP contribution in [0.25, 0.3) is 10.6 Å². The summed E-state index contributed by atoms with van der Waals surface area (Å²) in [7, 11) is 3.27. The number of hydrogen-bond acceptors (Lipinski definition) is 9. The van der Waals surface area contributed by atoms with Crippen LogP contribution in [0.3, 0.4) is 0 Å². The standard InChI is InChI=1S/C18H19N3O2S4/c1-11(2)8-26-18-21-20-16(27-18)10-24-15-9-25-17(19-15)12-5-6-13(22-3)14(7-12)23-4/h5-7,9H,1,8,10H2,2-4H3. The van der Waals surface area contributed by atoms with Gasteiger partial charge in [0.15, 0.2) is 15.8 Å². The van der Waals surface area contributed by atoms with E-state index in [-0.39, 0.29) is 0 Å². The van der Waals surface area contributed by atoms with E-state index in [1.807, 2.05) is 25.1 Å². The Kier molecular flexibility index (Phi) is 7.17. The molecule has 1 aromatic carbocycles. The number of methoxy groups -OCH3 is 2. The van der Waals surface area contributed by atoms with Gasteiger partial charge in [-0.2, -0.15) is 0 Å². The van der Waals surface area contributed by atoms with Crippen LogP contribution in [0.15, 0.2) is 45.1 Å². The van der Waals surface area contributed by atoms with Gasteiger partial charge in [0.1, 0.15) is 15.0 Å². The van der Waals surface area contributed by atoms with E-state index in [1.165, 1.54) is 0 Å². The molecular formula is C18H19N3O2S4. The summed E-state index contributed by atoms with van der Waals surface area (Å²) < 4.78 is 11.6. The minimum Gasteiger partial charge on any atom is -0.493 e. The second-order valence-corrected chi connectivity index (χ2v) is 9.70. The molecule has 0 aliphatic rings. The molecule has 0 saturated heterocycles. The average Bonchev–Trinajstić information content (AvgIpc) is 3.33. The molecule has 142 valence electrons. The maximum Gasteiger partial charge on any atom is 0.174 e. The highest BCUT2D eigenvalue weighted by molar-refractivity contribution is 8.01. The lowest BCUT2D eigenvalue weighted by atomic mass is 10.2. The summed E-state index contributed by atoms with van der Waals surface area (Å²) in [6.07, 6.45) is 0. The summed E-state index contributed by atoms with van der Waals surface area (Å²) in [4.78, 5) is 4.72. The molecule has 5 nitrogen and oxygen atoms in total. The van der Waals surface area contributed by atoms with Crippen LogP contribution in [0.1, 0.15) is 11.9 Å². The number of aromatic nitrogens is 3. The zero-order valence-electron chi connectivity index (χ0n) is 15.2.